The van der Waals surface area contributed by atoms with Crippen LogP contribution in [0.5, 0.6) is 0 Å². The number of amides is 1. The van der Waals surface area contributed by atoms with Crippen LogP contribution in [-0.2, 0) is 11.0 Å². The minimum atomic E-state index is -4.36. The fourth-order valence-electron chi connectivity index (χ4n) is 4.79. The predicted molar refractivity (Wildman–Crippen MR) is 80.5 cm³/mol. The molecule has 23 heavy (non-hydrogen) atoms. The van der Waals surface area contributed by atoms with Crippen molar-refractivity contribution in [3.8, 4) is 0 Å². The monoisotopic (exact) mass is 321 g/mol. The number of likely N-dealkylation sites (tertiary alicyclic amines) is 1. The van der Waals surface area contributed by atoms with E-state index in [1.54, 1.807) is 18.0 Å². The highest BCUT2D eigenvalue weighted by Gasteiger charge is 2.53. The Balaban J connectivity index is 1.93. The van der Waals surface area contributed by atoms with Crippen LogP contribution in [0.3, 0.4) is 0 Å². The van der Waals surface area contributed by atoms with Gasteiger partial charge in [0.15, 0.2) is 0 Å². The van der Waals surface area contributed by atoms with Crippen LogP contribution in [0.4, 0.5) is 13.2 Å². The van der Waals surface area contributed by atoms with E-state index >= 15 is 0 Å². The van der Waals surface area contributed by atoms with Gasteiger partial charge in [0.25, 0.3) is 0 Å². The molecule has 1 aromatic rings. The maximum Gasteiger partial charge on any atom is 0.416 e. The zero-order valence-electron chi connectivity index (χ0n) is 12.9. The molecule has 2 nitrogen and oxygen atoms in total. The van der Waals surface area contributed by atoms with Crippen LogP contribution in [0.25, 0.3) is 6.08 Å². The van der Waals surface area contributed by atoms with Crippen molar-refractivity contribution in [2.75, 3.05) is 7.05 Å². The summed E-state index contributed by atoms with van der Waals surface area (Å²) in [6.07, 6.45) is 1.93. The first-order valence-corrected chi connectivity index (χ1v) is 8.01. The van der Waals surface area contributed by atoms with E-state index in [0.29, 0.717) is 12.0 Å². The summed E-state index contributed by atoms with van der Waals surface area (Å²) in [5, 5.41) is 0. The van der Waals surface area contributed by atoms with Gasteiger partial charge in [-0.25, -0.2) is 0 Å². The number of hydrogen-bond donors (Lipinski definition) is 0. The van der Waals surface area contributed by atoms with E-state index < -0.39 is 11.7 Å². The molecular weight excluding hydrogens is 303 g/mol. The average molecular weight is 321 g/mol. The molecule has 2 aliphatic carbocycles. The molecule has 2 fully saturated rings. The van der Waals surface area contributed by atoms with Crippen molar-refractivity contribution in [3.63, 3.8) is 0 Å². The Morgan fingerprint density at radius 3 is 2.74 bits per heavy atom. The van der Waals surface area contributed by atoms with E-state index in [2.05, 4.69) is 6.08 Å². The number of hydrogen-bond acceptors (Lipinski definition) is 1. The fraction of sp³-hybridized carbons (Fsp3) is 0.500. The molecule has 122 valence electrons. The molecule has 1 heterocycles. The highest BCUT2D eigenvalue weighted by molar-refractivity contribution is 5.80. The minimum Gasteiger partial charge on any atom is -0.338 e. The summed E-state index contributed by atoms with van der Waals surface area (Å²) in [6.45, 7) is 0. The summed E-state index contributed by atoms with van der Waals surface area (Å²) >= 11 is 0. The quantitative estimate of drug-likeness (QED) is 0.685. The maximum atomic E-state index is 13.1. The Bertz CT molecular complexity index is 721. The lowest BCUT2D eigenvalue weighted by Gasteiger charge is -2.50. The molecule has 4 rings (SSSR count). The molecule has 1 aliphatic heterocycles. The molecule has 1 amide bonds. The van der Waals surface area contributed by atoms with Crippen LogP contribution in [0.15, 0.2) is 23.8 Å². The van der Waals surface area contributed by atoms with Gasteiger partial charge in [-0.1, -0.05) is 17.7 Å². The zero-order valence-corrected chi connectivity index (χ0v) is 12.9. The molecule has 0 aromatic heterocycles. The fourth-order valence-corrected chi connectivity index (χ4v) is 4.79. The Morgan fingerprint density at radius 1 is 1.22 bits per heavy atom. The summed E-state index contributed by atoms with van der Waals surface area (Å²) in [5.74, 6) is 0.0251. The zero-order chi connectivity index (χ0) is 16.4. The number of carbonyl (C=O) groups is 1. The largest absolute Gasteiger partial charge is 0.416 e. The van der Waals surface area contributed by atoms with Crippen LogP contribution in [-0.4, -0.2) is 17.9 Å². The van der Waals surface area contributed by atoms with Crippen LogP contribution in [0.1, 0.15) is 54.8 Å². The van der Waals surface area contributed by atoms with E-state index in [-0.39, 0.29) is 17.4 Å². The summed E-state index contributed by atoms with van der Waals surface area (Å²) < 4.78 is 39.4. The van der Waals surface area contributed by atoms with Gasteiger partial charge in [-0.3, -0.25) is 4.79 Å². The highest BCUT2D eigenvalue weighted by Crippen LogP contribution is 2.61. The molecule has 5 heteroatoms. The van der Waals surface area contributed by atoms with Crippen LogP contribution < -0.4 is 0 Å². The number of rotatable bonds is 0. The average Bonchev–Trinajstić information content (AvgIpc) is 2.90. The third-order valence-electron chi connectivity index (χ3n) is 5.84. The Labute approximate surface area is 133 Å². The molecule has 1 spiro atoms. The van der Waals surface area contributed by atoms with E-state index in [0.717, 1.165) is 37.3 Å². The van der Waals surface area contributed by atoms with Crippen molar-refractivity contribution in [2.45, 2.75) is 44.3 Å². The summed E-state index contributed by atoms with van der Waals surface area (Å²) in [4.78, 5) is 13.9. The van der Waals surface area contributed by atoms with Gasteiger partial charge in [-0.15, -0.1) is 0 Å². The standard InChI is InChI=1S/C18H18F3NO/c1-22-15(23)6-8-17-7-2-3-12(17)9-11-4-5-13(18(19,20)21)10-14(11)16(17)22/h4-5,9-10,16H,2-3,6-8H2,1H3/t16-,17+/m0/s1. The number of benzene rings is 1. The molecule has 0 bridgehead atoms. The number of alkyl halides is 3. The molecule has 0 radical (unpaired) electrons. The van der Waals surface area contributed by atoms with Crippen molar-refractivity contribution in [1.82, 2.24) is 4.90 Å². The number of piperidine rings is 1. The van der Waals surface area contributed by atoms with Gasteiger partial charge in [0.05, 0.1) is 11.6 Å². The predicted octanol–water partition coefficient (Wildman–Crippen LogP) is 4.57. The second kappa shape index (κ2) is 4.62. The molecule has 1 saturated carbocycles. The van der Waals surface area contributed by atoms with Gasteiger partial charge >= 0.3 is 6.18 Å². The number of carbonyl (C=O) groups excluding carboxylic acids is 1. The lowest BCUT2D eigenvalue weighted by Crippen LogP contribution is -2.48. The Kier molecular flexibility index (Phi) is 2.97. The summed E-state index contributed by atoms with van der Waals surface area (Å²) in [5.41, 5.74) is 2.01. The molecule has 1 saturated heterocycles. The van der Waals surface area contributed by atoms with Gasteiger partial charge in [0.2, 0.25) is 5.91 Å². The molecule has 2 atom stereocenters. The SMILES string of the molecule is CN1C(=O)CC[C@]23CCCC2=Cc2ccc(C(F)(F)F)cc2[C@H]13. The van der Waals surface area contributed by atoms with Crippen molar-refractivity contribution in [2.24, 2.45) is 5.41 Å². The number of fused-ring (bicyclic) bond motifs is 2. The van der Waals surface area contributed by atoms with Gasteiger partial charge in [0, 0.05) is 18.9 Å². The van der Waals surface area contributed by atoms with E-state index in [4.69, 9.17) is 0 Å². The highest BCUT2D eigenvalue weighted by atomic mass is 19.4. The third kappa shape index (κ3) is 1.98. The smallest absolute Gasteiger partial charge is 0.338 e. The molecule has 1 aromatic carbocycles. The van der Waals surface area contributed by atoms with Crippen molar-refractivity contribution < 1.29 is 18.0 Å². The lowest BCUT2D eigenvalue weighted by atomic mass is 9.63. The van der Waals surface area contributed by atoms with Crippen LogP contribution in [0, 0.1) is 5.41 Å². The summed E-state index contributed by atoms with van der Waals surface area (Å²) in [6, 6.07) is 3.69. The normalized spacial score (nSPS) is 29.7. The van der Waals surface area contributed by atoms with Crippen molar-refractivity contribution in [1.29, 1.82) is 0 Å². The Hall–Kier alpha value is -1.78. The van der Waals surface area contributed by atoms with Gasteiger partial charge in [0.1, 0.15) is 0 Å². The third-order valence-corrected chi connectivity index (χ3v) is 5.84. The maximum absolute atomic E-state index is 13.1. The van der Waals surface area contributed by atoms with Gasteiger partial charge < -0.3 is 4.90 Å². The minimum absolute atomic E-state index is 0.0251. The molecule has 3 aliphatic rings. The topological polar surface area (TPSA) is 20.3 Å². The van der Waals surface area contributed by atoms with E-state index in [9.17, 15) is 18.0 Å². The van der Waals surface area contributed by atoms with Gasteiger partial charge in [-0.2, -0.15) is 13.2 Å². The van der Waals surface area contributed by atoms with Crippen molar-refractivity contribution in [3.05, 3.63) is 40.5 Å². The lowest BCUT2D eigenvalue weighted by molar-refractivity contribution is -0.140. The van der Waals surface area contributed by atoms with E-state index in [1.165, 1.54) is 11.6 Å². The van der Waals surface area contributed by atoms with Crippen LogP contribution >= 0.6 is 0 Å². The molecule has 0 unspecified atom stereocenters. The first-order chi connectivity index (χ1) is 10.8. The number of halogens is 3. The van der Waals surface area contributed by atoms with Crippen molar-refractivity contribution >= 4 is 12.0 Å². The second-order valence-electron chi connectivity index (χ2n) is 6.93. The molecular formula is C18H18F3NO. The first kappa shape index (κ1) is 14.8. The first-order valence-electron chi connectivity index (χ1n) is 8.01. The van der Waals surface area contributed by atoms with Crippen LogP contribution in [0.2, 0.25) is 0 Å². The summed E-state index contributed by atoms with van der Waals surface area (Å²) in [7, 11) is 1.74. The Morgan fingerprint density at radius 2 is 2.00 bits per heavy atom. The van der Waals surface area contributed by atoms with Gasteiger partial charge in [-0.05, 0) is 48.9 Å². The molecule has 0 N–H and O–H groups in total. The van der Waals surface area contributed by atoms with E-state index in [1.807, 2.05) is 0 Å². The second-order valence-corrected chi connectivity index (χ2v) is 6.93. The number of nitrogens with zero attached hydrogens (tertiary/aromatic N) is 1.